The molecule has 0 aliphatic carbocycles. The highest BCUT2D eigenvalue weighted by atomic mass is 32.1. The van der Waals surface area contributed by atoms with Crippen LogP contribution in [-0.4, -0.2) is 28.1 Å². The molecule has 0 radical (unpaired) electrons. The van der Waals surface area contributed by atoms with E-state index in [2.05, 4.69) is 0 Å². The van der Waals surface area contributed by atoms with Crippen molar-refractivity contribution in [3.8, 4) is 0 Å². The summed E-state index contributed by atoms with van der Waals surface area (Å²) in [4.78, 5) is 0. The first-order chi connectivity index (χ1) is 5.07. The average Bonchev–Trinajstić information content (AvgIpc) is 1.86. The molecule has 0 aliphatic heterocycles. The highest BCUT2D eigenvalue weighted by molar-refractivity contribution is 7.79. The highest BCUT2D eigenvalue weighted by Crippen LogP contribution is 1.96. The molecule has 0 aromatic carbocycles. The molecule has 0 aromatic rings. The third kappa shape index (κ3) is 4.98. The first-order valence-electron chi connectivity index (χ1n) is 3.75. The predicted molar refractivity (Wildman–Crippen MR) is 47.6 cm³/mol. The van der Waals surface area contributed by atoms with E-state index in [0.717, 1.165) is 11.5 Å². The Hall–Kier alpha value is -0.350. The topological polar surface area (TPSA) is 32.7 Å². The van der Waals surface area contributed by atoms with Crippen molar-refractivity contribution < 1.29 is 9.94 Å². The van der Waals surface area contributed by atoms with Gasteiger partial charge in [-0.25, -0.2) is 5.06 Å². The summed E-state index contributed by atoms with van der Waals surface area (Å²) in [7, 11) is 0. The van der Waals surface area contributed by atoms with E-state index in [1.54, 1.807) is 0 Å². The van der Waals surface area contributed by atoms with E-state index >= 15 is 0 Å². The van der Waals surface area contributed by atoms with E-state index in [4.69, 9.17) is 22.2 Å². The maximum absolute atomic E-state index is 9.13. The van der Waals surface area contributed by atoms with Crippen LogP contribution in [0.15, 0.2) is 0 Å². The van der Waals surface area contributed by atoms with Crippen molar-refractivity contribution in [2.24, 2.45) is 0 Å². The van der Waals surface area contributed by atoms with E-state index in [0.29, 0.717) is 6.54 Å². The second-order valence-corrected chi connectivity index (χ2v) is 2.90. The summed E-state index contributed by atoms with van der Waals surface area (Å²) >= 11 is 4.77. The standard InChI is InChI=1S/C7H15NO2S/c1-4-5-8(9)7(11)10-6(2)3/h6,9H,4-5H2,1-3H3. The smallest absolute Gasteiger partial charge is 0.283 e. The van der Waals surface area contributed by atoms with Crippen molar-refractivity contribution in [1.29, 1.82) is 0 Å². The summed E-state index contributed by atoms with van der Waals surface area (Å²) in [6.45, 7) is 6.21. The van der Waals surface area contributed by atoms with Crippen LogP contribution in [0.3, 0.4) is 0 Å². The molecule has 4 heteroatoms. The van der Waals surface area contributed by atoms with Gasteiger partial charge >= 0.3 is 0 Å². The Labute approximate surface area is 72.9 Å². The van der Waals surface area contributed by atoms with Gasteiger partial charge < -0.3 is 4.74 Å². The molecule has 0 aliphatic rings. The Morgan fingerprint density at radius 3 is 2.55 bits per heavy atom. The molecular weight excluding hydrogens is 162 g/mol. The van der Waals surface area contributed by atoms with Crippen LogP contribution >= 0.6 is 12.2 Å². The molecule has 0 aromatic heterocycles. The van der Waals surface area contributed by atoms with E-state index in [1.165, 1.54) is 0 Å². The molecule has 0 bridgehead atoms. The molecular formula is C7H15NO2S. The number of hydrogen-bond acceptors (Lipinski definition) is 3. The van der Waals surface area contributed by atoms with Gasteiger partial charge in [-0.3, -0.25) is 5.21 Å². The molecule has 0 heterocycles. The van der Waals surface area contributed by atoms with Crippen LogP contribution in [0.25, 0.3) is 0 Å². The summed E-state index contributed by atoms with van der Waals surface area (Å²) in [5, 5.41) is 10.2. The lowest BCUT2D eigenvalue weighted by molar-refractivity contribution is -0.0411. The summed E-state index contributed by atoms with van der Waals surface area (Å²) in [6, 6.07) is 0. The number of hydrogen-bond donors (Lipinski definition) is 1. The zero-order valence-corrected chi connectivity index (χ0v) is 8.02. The summed E-state index contributed by atoms with van der Waals surface area (Å²) < 4.78 is 5.07. The Morgan fingerprint density at radius 2 is 2.18 bits per heavy atom. The number of thiocarbonyl (C=S) groups is 1. The first-order valence-corrected chi connectivity index (χ1v) is 4.15. The molecule has 0 unspecified atom stereocenters. The van der Waals surface area contributed by atoms with Gasteiger partial charge in [-0.1, -0.05) is 6.92 Å². The Kier molecular flexibility index (Phi) is 5.15. The van der Waals surface area contributed by atoms with E-state index in [-0.39, 0.29) is 11.3 Å². The minimum Gasteiger partial charge on any atom is -0.467 e. The largest absolute Gasteiger partial charge is 0.467 e. The Morgan fingerprint density at radius 1 is 1.64 bits per heavy atom. The highest BCUT2D eigenvalue weighted by Gasteiger charge is 2.07. The van der Waals surface area contributed by atoms with Gasteiger partial charge in [0.1, 0.15) is 0 Å². The number of hydroxylamine groups is 2. The zero-order valence-electron chi connectivity index (χ0n) is 7.20. The van der Waals surface area contributed by atoms with Gasteiger partial charge in [-0.05, 0) is 32.5 Å². The maximum Gasteiger partial charge on any atom is 0.283 e. The predicted octanol–water partition coefficient (Wildman–Crippen LogP) is 1.80. The minimum absolute atomic E-state index is 0.0222. The molecule has 0 rings (SSSR count). The third-order valence-electron chi connectivity index (χ3n) is 0.983. The van der Waals surface area contributed by atoms with Crippen LogP contribution in [0.2, 0.25) is 0 Å². The van der Waals surface area contributed by atoms with Crippen molar-refractivity contribution in [3.05, 3.63) is 0 Å². The van der Waals surface area contributed by atoms with Crippen LogP contribution in [0.4, 0.5) is 0 Å². The number of ether oxygens (including phenoxy) is 1. The van der Waals surface area contributed by atoms with E-state index in [9.17, 15) is 0 Å². The monoisotopic (exact) mass is 177 g/mol. The van der Waals surface area contributed by atoms with Crippen molar-refractivity contribution >= 4 is 17.4 Å². The molecule has 0 amide bonds. The lowest BCUT2D eigenvalue weighted by atomic mass is 10.5. The summed E-state index contributed by atoms with van der Waals surface area (Å²) in [5.74, 6) is 0. The molecule has 3 nitrogen and oxygen atoms in total. The maximum atomic E-state index is 9.13. The lowest BCUT2D eigenvalue weighted by Crippen LogP contribution is -2.30. The SMILES string of the molecule is CCCN(O)C(=S)OC(C)C. The van der Waals surface area contributed by atoms with Crippen molar-refractivity contribution in [1.82, 2.24) is 5.06 Å². The Bertz CT molecular complexity index is 128. The van der Waals surface area contributed by atoms with Crippen LogP contribution in [0.1, 0.15) is 27.2 Å². The number of rotatable bonds is 3. The third-order valence-corrected chi connectivity index (χ3v) is 1.29. The second kappa shape index (κ2) is 5.32. The van der Waals surface area contributed by atoms with Crippen molar-refractivity contribution in [2.75, 3.05) is 6.54 Å². The minimum atomic E-state index is 0.0222. The van der Waals surface area contributed by atoms with E-state index in [1.807, 2.05) is 20.8 Å². The molecule has 1 N–H and O–H groups in total. The summed E-state index contributed by atoms with van der Waals surface area (Å²) in [5.41, 5.74) is 0. The molecule has 0 saturated carbocycles. The van der Waals surface area contributed by atoms with Gasteiger partial charge in [0.25, 0.3) is 5.17 Å². The molecule has 0 spiro atoms. The fourth-order valence-electron chi connectivity index (χ4n) is 0.566. The molecule has 0 atom stereocenters. The lowest BCUT2D eigenvalue weighted by Gasteiger charge is -2.18. The zero-order chi connectivity index (χ0) is 8.85. The fourth-order valence-corrected chi connectivity index (χ4v) is 0.849. The van der Waals surface area contributed by atoms with Gasteiger partial charge in [0.15, 0.2) is 0 Å². The fraction of sp³-hybridized carbons (Fsp3) is 0.857. The van der Waals surface area contributed by atoms with Crippen LogP contribution in [0, 0.1) is 0 Å². The normalized spacial score (nSPS) is 9.91. The molecule has 66 valence electrons. The molecule has 0 fully saturated rings. The van der Waals surface area contributed by atoms with Crippen molar-refractivity contribution in [2.45, 2.75) is 33.3 Å². The van der Waals surface area contributed by atoms with Gasteiger partial charge in [0, 0.05) is 6.54 Å². The van der Waals surface area contributed by atoms with Crippen LogP contribution in [-0.2, 0) is 4.74 Å². The van der Waals surface area contributed by atoms with Gasteiger partial charge in [0.2, 0.25) is 0 Å². The van der Waals surface area contributed by atoms with Gasteiger partial charge in [-0.2, -0.15) is 0 Å². The Balaban J connectivity index is 3.64. The van der Waals surface area contributed by atoms with Crippen LogP contribution in [0.5, 0.6) is 0 Å². The molecule has 0 saturated heterocycles. The quantitative estimate of drug-likeness (QED) is 0.526. The van der Waals surface area contributed by atoms with Crippen molar-refractivity contribution in [3.63, 3.8) is 0 Å². The summed E-state index contributed by atoms with van der Waals surface area (Å²) in [6.07, 6.45) is 0.868. The van der Waals surface area contributed by atoms with Crippen LogP contribution < -0.4 is 0 Å². The second-order valence-electron chi connectivity index (χ2n) is 2.56. The van der Waals surface area contributed by atoms with E-state index < -0.39 is 0 Å². The number of nitrogens with zero attached hydrogens (tertiary/aromatic N) is 1. The van der Waals surface area contributed by atoms with Gasteiger partial charge in [0.05, 0.1) is 6.10 Å². The molecule has 11 heavy (non-hydrogen) atoms. The average molecular weight is 177 g/mol. The first kappa shape index (κ1) is 10.7. The van der Waals surface area contributed by atoms with Gasteiger partial charge in [-0.15, -0.1) is 0 Å².